The number of nitrogens with zero attached hydrogens (tertiary/aromatic N) is 1. The summed E-state index contributed by atoms with van der Waals surface area (Å²) in [7, 11) is 0. The molecule has 3 nitrogen and oxygen atoms in total. The molecule has 1 aromatic rings. The summed E-state index contributed by atoms with van der Waals surface area (Å²) in [6.07, 6.45) is 2.30. The van der Waals surface area contributed by atoms with E-state index in [1.807, 2.05) is 0 Å². The van der Waals surface area contributed by atoms with E-state index >= 15 is 0 Å². The highest BCUT2D eigenvalue weighted by molar-refractivity contribution is 5.33. The van der Waals surface area contributed by atoms with E-state index in [9.17, 15) is 0 Å². The SMILES string of the molecule is CC1(C)COCCN1C1CCc2ccccc2C1N. The summed E-state index contributed by atoms with van der Waals surface area (Å²) in [5, 5.41) is 0. The van der Waals surface area contributed by atoms with Gasteiger partial charge in [-0.1, -0.05) is 24.3 Å². The van der Waals surface area contributed by atoms with Crippen LogP contribution in [0, 0.1) is 0 Å². The number of nitrogens with two attached hydrogens (primary N) is 1. The Bertz CT molecular complexity index is 458. The predicted octanol–water partition coefficient (Wildman–Crippen LogP) is 2.11. The van der Waals surface area contributed by atoms with Crippen molar-refractivity contribution in [1.82, 2.24) is 4.90 Å². The second kappa shape index (κ2) is 4.89. The summed E-state index contributed by atoms with van der Waals surface area (Å²) in [5.74, 6) is 0. The van der Waals surface area contributed by atoms with Crippen LogP contribution in [0.15, 0.2) is 24.3 Å². The zero-order chi connectivity index (χ0) is 13.5. The molecular formula is C16H24N2O. The molecule has 2 atom stereocenters. The first kappa shape index (κ1) is 13.1. The van der Waals surface area contributed by atoms with Crippen molar-refractivity contribution in [3.8, 4) is 0 Å². The van der Waals surface area contributed by atoms with Crippen LogP contribution in [-0.4, -0.2) is 36.2 Å². The molecule has 0 amide bonds. The van der Waals surface area contributed by atoms with E-state index in [1.54, 1.807) is 0 Å². The molecule has 1 heterocycles. The van der Waals surface area contributed by atoms with Crippen LogP contribution in [0.25, 0.3) is 0 Å². The van der Waals surface area contributed by atoms with Crippen molar-refractivity contribution in [3.63, 3.8) is 0 Å². The van der Waals surface area contributed by atoms with Crippen LogP contribution in [0.3, 0.4) is 0 Å². The van der Waals surface area contributed by atoms with Gasteiger partial charge in [-0.05, 0) is 37.8 Å². The Morgan fingerprint density at radius 3 is 2.89 bits per heavy atom. The van der Waals surface area contributed by atoms with Crippen LogP contribution in [0.2, 0.25) is 0 Å². The molecule has 1 aliphatic heterocycles. The van der Waals surface area contributed by atoms with Crippen LogP contribution in [0.4, 0.5) is 0 Å². The lowest BCUT2D eigenvalue weighted by atomic mass is 9.82. The smallest absolute Gasteiger partial charge is 0.0645 e. The Hall–Kier alpha value is -0.900. The number of aryl methyl sites for hydroxylation is 1. The van der Waals surface area contributed by atoms with E-state index in [0.29, 0.717) is 6.04 Å². The van der Waals surface area contributed by atoms with Crippen molar-refractivity contribution in [2.45, 2.75) is 44.3 Å². The number of rotatable bonds is 1. The van der Waals surface area contributed by atoms with Crippen molar-refractivity contribution in [3.05, 3.63) is 35.4 Å². The van der Waals surface area contributed by atoms with Gasteiger partial charge in [0.15, 0.2) is 0 Å². The Labute approximate surface area is 115 Å². The number of hydrogen-bond acceptors (Lipinski definition) is 3. The molecule has 0 bridgehead atoms. The molecule has 2 N–H and O–H groups in total. The molecule has 2 aliphatic rings. The fourth-order valence-corrected chi connectivity index (χ4v) is 3.61. The van der Waals surface area contributed by atoms with Crippen LogP contribution in [0.5, 0.6) is 0 Å². The van der Waals surface area contributed by atoms with Gasteiger partial charge in [0.2, 0.25) is 0 Å². The Kier molecular flexibility index (Phi) is 3.37. The lowest BCUT2D eigenvalue weighted by Crippen LogP contribution is -2.60. The predicted molar refractivity (Wildman–Crippen MR) is 77.1 cm³/mol. The van der Waals surface area contributed by atoms with Gasteiger partial charge in [-0.25, -0.2) is 0 Å². The standard InChI is InChI=1S/C16H24N2O/c1-16(2)11-19-10-9-18(16)14-8-7-12-5-3-4-6-13(12)15(14)17/h3-6,14-15H,7-11,17H2,1-2H3. The maximum Gasteiger partial charge on any atom is 0.0645 e. The van der Waals surface area contributed by atoms with Gasteiger partial charge in [0.25, 0.3) is 0 Å². The first-order valence-corrected chi connectivity index (χ1v) is 7.27. The third-order valence-corrected chi connectivity index (χ3v) is 4.65. The number of fused-ring (bicyclic) bond motifs is 1. The third-order valence-electron chi connectivity index (χ3n) is 4.65. The summed E-state index contributed by atoms with van der Waals surface area (Å²) in [4.78, 5) is 2.57. The van der Waals surface area contributed by atoms with Crippen LogP contribution in [-0.2, 0) is 11.2 Å². The van der Waals surface area contributed by atoms with Crippen LogP contribution < -0.4 is 5.73 Å². The highest BCUT2D eigenvalue weighted by Crippen LogP contribution is 2.35. The molecule has 0 radical (unpaired) electrons. The van der Waals surface area contributed by atoms with E-state index in [-0.39, 0.29) is 11.6 Å². The van der Waals surface area contributed by atoms with Gasteiger partial charge >= 0.3 is 0 Å². The fourth-order valence-electron chi connectivity index (χ4n) is 3.61. The molecule has 1 saturated heterocycles. The molecule has 0 aromatic heterocycles. The molecule has 3 rings (SSSR count). The normalized spacial score (nSPS) is 30.9. The molecule has 19 heavy (non-hydrogen) atoms. The number of ether oxygens (including phenoxy) is 1. The largest absolute Gasteiger partial charge is 0.378 e. The highest BCUT2D eigenvalue weighted by Gasteiger charge is 2.40. The zero-order valence-electron chi connectivity index (χ0n) is 11.9. The van der Waals surface area contributed by atoms with Crippen molar-refractivity contribution in [2.75, 3.05) is 19.8 Å². The minimum Gasteiger partial charge on any atom is -0.378 e. The molecule has 1 fully saturated rings. The van der Waals surface area contributed by atoms with E-state index in [1.165, 1.54) is 11.1 Å². The number of benzene rings is 1. The second-order valence-electron chi connectivity index (χ2n) is 6.39. The van der Waals surface area contributed by atoms with E-state index < -0.39 is 0 Å². The number of morpholine rings is 1. The topological polar surface area (TPSA) is 38.5 Å². The summed E-state index contributed by atoms with van der Waals surface area (Å²) < 4.78 is 5.63. The average Bonchev–Trinajstić information content (AvgIpc) is 2.40. The van der Waals surface area contributed by atoms with Crippen molar-refractivity contribution >= 4 is 0 Å². The minimum atomic E-state index is 0.0901. The van der Waals surface area contributed by atoms with Crippen molar-refractivity contribution in [2.24, 2.45) is 5.73 Å². The highest BCUT2D eigenvalue weighted by atomic mass is 16.5. The molecule has 0 saturated carbocycles. The van der Waals surface area contributed by atoms with E-state index in [0.717, 1.165) is 32.6 Å². The molecule has 0 spiro atoms. The van der Waals surface area contributed by atoms with Crippen molar-refractivity contribution < 1.29 is 4.74 Å². The van der Waals surface area contributed by atoms with Gasteiger partial charge in [-0.15, -0.1) is 0 Å². The van der Waals surface area contributed by atoms with Gasteiger partial charge in [-0.3, -0.25) is 4.90 Å². The van der Waals surface area contributed by atoms with Crippen LogP contribution >= 0.6 is 0 Å². The molecule has 104 valence electrons. The molecule has 1 aliphatic carbocycles. The lowest BCUT2D eigenvalue weighted by molar-refractivity contribution is -0.0792. The van der Waals surface area contributed by atoms with Crippen LogP contribution in [0.1, 0.15) is 37.4 Å². The molecule has 3 heteroatoms. The van der Waals surface area contributed by atoms with Crippen molar-refractivity contribution in [1.29, 1.82) is 0 Å². The van der Waals surface area contributed by atoms with Gasteiger partial charge in [0.1, 0.15) is 0 Å². The Balaban J connectivity index is 1.87. The molecule has 1 aromatic carbocycles. The summed E-state index contributed by atoms with van der Waals surface area (Å²) in [5.41, 5.74) is 9.41. The van der Waals surface area contributed by atoms with Gasteiger partial charge < -0.3 is 10.5 Å². The zero-order valence-corrected chi connectivity index (χ0v) is 11.9. The second-order valence-corrected chi connectivity index (χ2v) is 6.39. The molecular weight excluding hydrogens is 236 g/mol. The van der Waals surface area contributed by atoms with Gasteiger partial charge in [0, 0.05) is 24.2 Å². The first-order chi connectivity index (χ1) is 9.09. The maximum absolute atomic E-state index is 6.56. The Morgan fingerprint density at radius 2 is 2.11 bits per heavy atom. The van der Waals surface area contributed by atoms with Gasteiger partial charge in [0.05, 0.1) is 13.2 Å². The monoisotopic (exact) mass is 260 g/mol. The summed E-state index contributed by atoms with van der Waals surface area (Å²) in [6, 6.07) is 9.20. The fraction of sp³-hybridized carbons (Fsp3) is 0.625. The number of hydrogen-bond donors (Lipinski definition) is 1. The molecule has 2 unspecified atom stereocenters. The first-order valence-electron chi connectivity index (χ1n) is 7.27. The minimum absolute atomic E-state index is 0.0901. The Morgan fingerprint density at radius 1 is 1.32 bits per heavy atom. The quantitative estimate of drug-likeness (QED) is 0.840. The van der Waals surface area contributed by atoms with E-state index in [2.05, 4.69) is 43.0 Å². The average molecular weight is 260 g/mol. The lowest BCUT2D eigenvalue weighted by Gasteiger charge is -2.49. The summed E-state index contributed by atoms with van der Waals surface area (Å²) in [6.45, 7) is 7.15. The third kappa shape index (κ3) is 2.31. The van der Waals surface area contributed by atoms with Gasteiger partial charge in [-0.2, -0.15) is 0 Å². The summed E-state index contributed by atoms with van der Waals surface area (Å²) >= 11 is 0. The van der Waals surface area contributed by atoms with E-state index in [4.69, 9.17) is 10.5 Å². The maximum atomic E-state index is 6.56.